The number of carboxylic acids is 1. The van der Waals surface area contributed by atoms with Gasteiger partial charge < -0.3 is 10.2 Å². The van der Waals surface area contributed by atoms with E-state index in [1.165, 1.54) is 5.38 Å². The van der Waals surface area contributed by atoms with E-state index in [-0.39, 0.29) is 5.69 Å². The number of allylic oxidation sites excluding steroid dienone is 2. The Morgan fingerprint density at radius 1 is 1.22 bits per heavy atom. The van der Waals surface area contributed by atoms with E-state index in [1.807, 2.05) is 42.5 Å². The van der Waals surface area contributed by atoms with Gasteiger partial charge in [-0.2, -0.15) is 0 Å². The van der Waals surface area contributed by atoms with Gasteiger partial charge in [0, 0.05) is 21.0 Å². The average molecular weight is 388 g/mol. The van der Waals surface area contributed by atoms with Crippen LogP contribution < -0.4 is 0 Å². The van der Waals surface area contributed by atoms with Crippen molar-refractivity contribution in [1.29, 1.82) is 0 Å². The monoisotopic (exact) mass is 387 g/mol. The third-order valence-electron chi connectivity index (χ3n) is 4.01. The number of nitrogens with zero attached hydrogens (tertiary/aromatic N) is 1. The molecule has 23 heavy (non-hydrogen) atoms. The van der Waals surface area contributed by atoms with Crippen LogP contribution in [0.15, 0.2) is 63.5 Å². The van der Waals surface area contributed by atoms with Crippen LogP contribution in [-0.2, 0) is 5.60 Å². The molecule has 6 heteroatoms. The summed E-state index contributed by atoms with van der Waals surface area (Å²) in [5.41, 5.74) is 1.93. The van der Waals surface area contributed by atoms with Gasteiger partial charge in [-0.05, 0) is 27.1 Å². The molecule has 0 amide bonds. The lowest BCUT2D eigenvalue weighted by Crippen LogP contribution is -2.41. The van der Waals surface area contributed by atoms with Gasteiger partial charge in [-0.15, -0.1) is 11.3 Å². The lowest BCUT2D eigenvalue weighted by Gasteiger charge is -2.44. The van der Waals surface area contributed by atoms with E-state index < -0.39 is 11.6 Å². The highest BCUT2D eigenvalue weighted by molar-refractivity contribution is 9.12. The largest absolute Gasteiger partial charge is 0.476 e. The third kappa shape index (κ3) is 1.92. The number of fused-ring (bicyclic) bond motifs is 2. The first-order valence-electron chi connectivity index (χ1n) is 6.84. The number of hydrogen-bond acceptors (Lipinski definition) is 4. The molecule has 1 unspecified atom stereocenters. The van der Waals surface area contributed by atoms with Gasteiger partial charge in [0.05, 0.1) is 0 Å². The molecule has 0 fully saturated rings. The summed E-state index contributed by atoms with van der Waals surface area (Å²) in [7, 11) is 0. The number of aromatic carboxylic acids is 1. The van der Waals surface area contributed by atoms with Gasteiger partial charge in [0.2, 0.25) is 0 Å². The zero-order valence-electron chi connectivity index (χ0n) is 11.7. The molecule has 0 spiro atoms. The first-order valence-corrected chi connectivity index (χ1v) is 8.51. The molecule has 114 valence electrons. The molecule has 2 aliphatic rings. The number of thiazole rings is 1. The smallest absolute Gasteiger partial charge is 0.355 e. The molecule has 1 aromatic carbocycles. The van der Waals surface area contributed by atoms with Crippen molar-refractivity contribution in [3.63, 3.8) is 0 Å². The van der Waals surface area contributed by atoms with Crippen LogP contribution in [0.4, 0.5) is 0 Å². The molecule has 2 aromatic rings. The lowest BCUT2D eigenvalue weighted by atomic mass is 9.67. The van der Waals surface area contributed by atoms with E-state index in [0.29, 0.717) is 10.6 Å². The first-order chi connectivity index (χ1) is 11.0. The molecule has 2 N–H and O–H groups in total. The van der Waals surface area contributed by atoms with Crippen LogP contribution in [0.2, 0.25) is 0 Å². The second-order valence-corrected chi connectivity index (χ2v) is 6.92. The van der Waals surface area contributed by atoms with Crippen LogP contribution in [0.5, 0.6) is 0 Å². The van der Waals surface area contributed by atoms with Crippen LogP contribution in [0.25, 0.3) is 5.57 Å². The number of rotatable bonds is 3. The van der Waals surface area contributed by atoms with Crippen molar-refractivity contribution in [3.8, 4) is 0 Å². The molecular formula is C17H10BrNO3S. The van der Waals surface area contributed by atoms with Crippen molar-refractivity contribution in [2.24, 2.45) is 0 Å². The first kappa shape index (κ1) is 14.6. The summed E-state index contributed by atoms with van der Waals surface area (Å²) in [5, 5.41) is 22.1. The topological polar surface area (TPSA) is 70.4 Å². The number of hydrogen-bond donors (Lipinski definition) is 2. The molecule has 2 bridgehead atoms. The van der Waals surface area contributed by atoms with Gasteiger partial charge in [-0.3, -0.25) is 0 Å². The fourth-order valence-electron chi connectivity index (χ4n) is 2.90. The van der Waals surface area contributed by atoms with E-state index >= 15 is 0 Å². The Kier molecular flexibility index (Phi) is 3.16. The van der Waals surface area contributed by atoms with Crippen molar-refractivity contribution >= 4 is 38.8 Å². The fraction of sp³-hybridized carbons (Fsp3) is 0.0588. The SMILES string of the molecule is O=C(O)c1csc(C2(O)c3ccc(-c4ccccc4)c2c3Br)n1. The zero-order valence-corrected chi connectivity index (χ0v) is 14.1. The van der Waals surface area contributed by atoms with Crippen molar-refractivity contribution < 1.29 is 15.0 Å². The quantitative estimate of drug-likeness (QED) is 0.841. The minimum absolute atomic E-state index is 0.0500. The van der Waals surface area contributed by atoms with Gasteiger partial charge in [0.15, 0.2) is 11.3 Å². The molecule has 2 aliphatic carbocycles. The second-order valence-electron chi connectivity index (χ2n) is 5.27. The summed E-state index contributed by atoms with van der Waals surface area (Å²) in [4.78, 5) is 15.2. The van der Waals surface area contributed by atoms with E-state index in [4.69, 9.17) is 5.11 Å². The van der Waals surface area contributed by atoms with Crippen LogP contribution in [0.3, 0.4) is 0 Å². The summed E-state index contributed by atoms with van der Waals surface area (Å²) in [6.07, 6.45) is 3.81. The molecular weight excluding hydrogens is 378 g/mol. The Hall–Kier alpha value is -2.02. The highest BCUT2D eigenvalue weighted by Gasteiger charge is 2.54. The standard InChI is InChI=1S/C17H10BrNO3S/c18-14-11-7-6-10(9-4-2-1-3-5-9)13(14)17(11,22)16-19-12(8-23-16)15(20)21/h1-8,22H,(H,20,21). The normalized spacial score (nSPS) is 22.3. The summed E-state index contributed by atoms with van der Waals surface area (Å²) in [5.74, 6) is -1.10. The third-order valence-corrected chi connectivity index (χ3v) is 5.79. The van der Waals surface area contributed by atoms with Crippen LogP contribution in [-0.4, -0.2) is 21.2 Å². The average Bonchev–Trinajstić information content (AvgIpc) is 3.06. The summed E-state index contributed by atoms with van der Waals surface area (Å²) >= 11 is 4.67. The summed E-state index contributed by atoms with van der Waals surface area (Å²) < 4.78 is 0.841. The maximum atomic E-state index is 11.2. The van der Waals surface area contributed by atoms with Gasteiger partial charge >= 0.3 is 5.97 Å². The summed E-state index contributed by atoms with van der Waals surface area (Å²) in [6.45, 7) is 0. The van der Waals surface area contributed by atoms with Crippen LogP contribution in [0.1, 0.15) is 21.1 Å². The molecule has 0 saturated heterocycles. The van der Waals surface area contributed by atoms with Crippen molar-refractivity contribution in [3.05, 3.63) is 79.8 Å². The Morgan fingerprint density at radius 3 is 2.57 bits per heavy atom. The van der Waals surface area contributed by atoms with Gasteiger partial charge in [-0.1, -0.05) is 42.5 Å². The molecule has 0 saturated carbocycles. The van der Waals surface area contributed by atoms with E-state index in [0.717, 1.165) is 32.5 Å². The van der Waals surface area contributed by atoms with E-state index in [9.17, 15) is 9.90 Å². The number of benzene rings is 1. The molecule has 1 atom stereocenters. The highest BCUT2D eigenvalue weighted by Crippen LogP contribution is 2.60. The Bertz CT molecular complexity index is 926. The lowest BCUT2D eigenvalue weighted by molar-refractivity contribution is 0.0689. The van der Waals surface area contributed by atoms with Crippen molar-refractivity contribution in [2.75, 3.05) is 0 Å². The van der Waals surface area contributed by atoms with Gasteiger partial charge in [-0.25, -0.2) is 9.78 Å². The fourth-order valence-corrected chi connectivity index (χ4v) is 4.73. The maximum Gasteiger partial charge on any atom is 0.355 e. The second kappa shape index (κ2) is 4.99. The number of carbonyl (C=O) groups is 1. The molecule has 1 heterocycles. The summed E-state index contributed by atoms with van der Waals surface area (Å²) in [6, 6.07) is 9.76. The van der Waals surface area contributed by atoms with E-state index in [1.54, 1.807) is 0 Å². The Morgan fingerprint density at radius 2 is 1.96 bits per heavy atom. The minimum Gasteiger partial charge on any atom is -0.476 e. The van der Waals surface area contributed by atoms with Gasteiger partial charge in [0.25, 0.3) is 0 Å². The zero-order chi connectivity index (χ0) is 16.2. The number of halogens is 1. The van der Waals surface area contributed by atoms with Gasteiger partial charge in [0.1, 0.15) is 5.01 Å². The molecule has 0 aliphatic heterocycles. The molecule has 0 radical (unpaired) electrons. The number of carboxylic acid groups (broad SMARTS) is 1. The van der Waals surface area contributed by atoms with Crippen LogP contribution in [0, 0.1) is 0 Å². The Balaban J connectivity index is 1.83. The molecule has 1 aromatic heterocycles. The predicted molar refractivity (Wildman–Crippen MR) is 91.4 cm³/mol. The number of aromatic nitrogens is 1. The van der Waals surface area contributed by atoms with Crippen molar-refractivity contribution in [2.45, 2.75) is 5.60 Å². The number of aliphatic hydroxyl groups is 1. The van der Waals surface area contributed by atoms with Crippen molar-refractivity contribution in [1.82, 2.24) is 4.98 Å². The van der Waals surface area contributed by atoms with E-state index in [2.05, 4.69) is 20.9 Å². The minimum atomic E-state index is -1.35. The highest BCUT2D eigenvalue weighted by atomic mass is 79.9. The van der Waals surface area contributed by atoms with Crippen LogP contribution >= 0.6 is 27.3 Å². The Labute approximate surface area is 144 Å². The predicted octanol–water partition coefficient (Wildman–Crippen LogP) is 3.72. The molecule has 4 rings (SSSR count). The molecule has 4 nitrogen and oxygen atoms in total. The maximum absolute atomic E-state index is 11.2.